The zero-order valence-corrected chi connectivity index (χ0v) is 12.1. The monoisotopic (exact) mass is 310 g/mol. The number of aryl methyl sites for hydroxylation is 1. The molecule has 0 bridgehead atoms. The van der Waals surface area contributed by atoms with E-state index in [1.165, 1.54) is 12.1 Å². The summed E-state index contributed by atoms with van der Waals surface area (Å²) in [5, 5.41) is 13.1. The molecule has 4 N–H and O–H groups in total. The van der Waals surface area contributed by atoms with E-state index in [1.54, 1.807) is 18.2 Å². The first-order valence-electron chi connectivity index (χ1n) is 5.74. The van der Waals surface area contributed by atoms with Gasteiger partial charge in [-0.1, -0.05) is 23.2 Å². The molecule has 0 aliphatic rings. The minimum absolute atomic E-state index is 0.0589. The normalized spacial score (nSPS) is 10.3. The van der Waals surface area contributed by atoms with Crippen LogP contribution in [0.5, 0.6) is 0 Å². The molecule has 0 spiro atoms. The van der Waals surface area contributed by atoms with Gasteiger partial charge in [-0.25, -0.2) is 4.79 Å². The smallest absolute Gasteiger partial charge is 0.337 e. The number of rotatable bonds is 3. The number of carbonyl (C=O) groups is 1. The Bertz CT molecular complexity index is 687. The molecular formula is C14H12Cl2N2O2. The molecular weight excluding hydrogens is 299 g/mol. The van der Waals surface area contributed by atoms with Gasteiger partial charge in [-0.05, 0) is 42.8 Å². The Morgan fingerprint density at radius 3 is 2.50 bits per heavy atom. The SMILES string of the molecule is Cc1cc(Cl)c(Nc2ccc(C(=O)O)c(N)c2)cc1Cl. The van der Waals surface area contributed by atoms with Gasteiger partial charge in [0.2, 0.25) is 0 Å². The lowest BCUT2D eigenvalue weighted by molar-refractivity contribution is 0.0698. The van der Waals surface area contributed by atoms with Crippen LogP contribution in [-0.2, 0) is 0 Å². The van der Waals surface area contributed by atoms with E-state index >= 15 is 0 Å². The summed E-state index contributed by atoms with van der Waals surface area (Å²) in [7, 11) is 0. The highest BCUT2D eigenvalue weighted by atomic mass is 35.5. The van der Waals surface area contributed by atoms with Crippen LogP contribution in [0.25, 0.3) is 0 Å². The number of nitrogens with one attached hydrogen (secondary N) is 1. The van der Waals surface area contributed by atoms with Crippen LogP contribution >= 0.6 is 23.2 Å². The van der Waals surface area contributed by atoms with E-state index in [2.05, 4.69) is 5.32 Å². The van der Waals surface area contributed by atoms with Gasteiger partial charge < -0.3 is 16.2 Å². The van der Waals surface area contributed by atoms with Gasteiger partial charge in [-0.3, -0.25) is 0 Å². The molecule has 4 nitrogen and oxygen atoms in total. The van der Waals surface area contributed by atoms with Crippen LogP contribution in [0, 0.1) is 6.92 Å². The van der Waals surface area contributed by atoms with Crippen molar-refractivity contribution in [2.75, 3.05) is 11.1 Å². The van der Waals surface area contributed by atoms with Crippen molar-refractivity contribution in [3.05, 3.63) is 51.5 Å². The molecule has 0 saturated carbocycles. The van der Waals surface area contributed by atoms with Crippen LogP contribution in [0.2, 0.25) is 10.0 Å². The lowest BCUT2D eigenvalue weighted by Crippen LogP contribution is -2.03. The molecule has 2 aromatic carbocycles. The molecule has 2 aromatic rings. The Morgan fingerprint density at radius 1 is 1.20 bits per heavy atom. The maximum Gasteiger partial charge on any atom is 0.337 e. The van der Waals surface area contributed by atoms with Gasteiger partial charge in [-0.2, -0.15) is 0 Å². The molecule has 0 aromatic heterocycles. The van der Waals surface area contributed by atoms with Crippen LogP contribution in [0.15, 0.2) is 30.3 Å². The number of hydrogen-bond acceptors (Lipinski definition) is 3. The number of carboxylic acid groups (broad SMARTS) is 1. The molecule has 0 aliphatic heterocycles. The van der Waals surface area contributed by atoms with Crippen molar-refractivity contribution in [2.45, 2.75) is 6.92 Å². The first-order valence-corrected chi connectivity index (χ1v) is 6.49. The predicted molar refractivity (Wildman–Crippen MR) is 82.3 cm³/mol. The molecule has 0 aliphatic carbocycles. The summed E-state index contributed by atoms with van der Waals surface area (Å²) >= 11 is 12.2. The largest absolute Gasteiger partial charge is 0.478 e. The van der Waals surface area contributed by atoms with Gasteiger partial charge in [0.1, 0.15) is 0 Å². The average molecular weight is 311 g/mol. The van der Waals surface area contributed by atoms with Crippen molar-refractivity contribution in [1.29, 1.82) is 0 Å². The van der Waals surface area contributed by atoms with Crippen molar-refractivity contribution in [2.24, 2.45) is 0 Å². The number of anilines is 3. The summed E-state index contributed by atoms with van der Waals surface area (Å²) in [6, 6.07) is 8.04. The summed E-state index contributed by atoms with van der Waals surface area (Å²) in [5.74, 6) is -1.06. The van der Waals surface area contributed by atoms with E-state index in [9.17, 15) is 4.79 Å². The molecule has 6 heteroatoms. The van der Waals surface area contributed by atoms with E-state index in [1.807, 2.05) is 6.92 Å². The fraction of sp³-hybridized carbons (Fsp3) is 0.0714. The van der Waals surface area contributed by atoms with Gasteiger partial charge in [0.15, 0.2) is 0 Å². The third-order valence-electron chi connectivity index (χ3n) is 2.81. The Kier molecular flexibility index (Phi) is 4.06. The van der Waals surface area contributed by atoms with Gasteiger partial charge in [0, 0.05) is 16.4 Å². The van der Waals surface area contributed by atoms with Crippen molar-refractivity contribution in [1.82, 2.24) is 0 Å². The molecule has 0 radical (unpaired) electrons. The molecule has 104 valence electrons. The number of aromatic carboxylic acids is 1. The van der Waals surface area contributed by atoms with Gasteiger partial charge in [0.05, 0.1) is 16.3 Å². The number of nitrogen functional groups attached to an aromatic ring is 1. The van der Waals surface area contributed by atoms with Crippen LogP contribution in [0.1, 0.15) is 15.9 Å². The lowest BCUT2D eigenvalue weighted by Gasteiger charge is -2.11. The molecule has 20 heavy (non-hydrogen) atoms. The van der Waals surface area contributed by atoms with E-state index in [0.29, 0.717) is 21.4 Å². The van der Waals surface area contributed by atoms with Gasteiger partial charge in [-0.15, -0.1) is 0 Å². The number of nitrogens with two attached hydrogens (primary N) is 1. The Morgan fingerprint density at radius 2 is 1.90 bits per heavy atom. The van der Waals surface area contributed by atoms with E-state index < -0.39 is 5.97 Å². The second-order valence-electron chi connectivity index (χ2n) is 4.31. The molecule has 0 unspecified atom stereocenters. The molecule has 2 rings (SSSR count). The molecule has 0 fully saturated rings. The summed E-state index contributed by atoms with van der Waals surface area (Å²) in [6.07, 6.45) is 0. The van der Waals surface area contributed by atoms with Crippen LogP contribution in [0.3, 0.4) is 0 Å². The highest BCUT2D eigenvalue weighted by Gasteiger charge is 2.09. The fourth-order valence-electron chi connectivity index (χ4n) is 1.73. The maximum atomic E-state index is 10.9. The lowest BCUT2D eigenvalue weighted by atomic mass is 10.1. The highest BCUT2D eigenvalue weighted by molar-refractivity contribution is 6.35. The number of carboxylic acids is 1. The summed E-state index contributed by atoms with van der Waals surface area (Å²) in [5.41, 5.74) is 8.07. The zero-order chi connectivity index (χ0) is 14.9. The van der Waals surface area contributed by atoms with Crippen LogP contribution < -0.4 is 11.1 Å². The van der Waals surface area contributed by atoms with Crippen molar-refractivity contribution >= 4 is 46.2 Å². The topological polar surface area (TPSA) is 75.3 Å². The average Bonchev–Trinajstić information content (AvgIpc) is 2.35. The second kappa shape index (κ2) is 5.61. The molecule has 0 heterocycles. The minimum Gasteiger partial charge on any atom is -0.478 e. The van der Waals surface area contributed by atoms with Crippen LogP contribution in [0.4, 0.5) is 17.1 Å². The standard InChI is InChI=1S/C14H12Cl2N2O2/c1-7-4-11(16)13(6-10(7)15)18-8-2-3-9(14(19)20)12(17)5-8/h2-6,18H,17H2,1H3,(H,19,20). The fourth-order valence-corrected chi connectivity index (χ4v) is 2.16. The quantitative estimate of drug-likeness (QED) is 0.738. The van der Waals surface area contributed by atoms with Gasteiger partial charge in [0.25, 0.3) is 0 Å². The first kappa shape index (κ1) is 14.5. The maximum absolute atomic E-state index is 10.9. The Hall–Kier alpha value is -1.91. The van der Waals surface area contributed by atoms with Crippen molar-refractivity contribution in [3.8, 4) is 0 Å². The van der Waals surface area contributed by atoms with E-state index in [4.69, 9.17) is 34.0 Å². The number of halogens is 2. The highest BCUT2D eigenvalue weighted by Crippen LogP contribution is 2.31. The zero-order valence-electron chi connectivity index (χ0n) is 10.6. The van der Waals surface area contributed by atoms with E-state index in [0.717, 1.165) is 5.56 Å². The second-order valence-corrected chi connectivity index (χ2v) is 5.13. The first-order chi connectivity index (χ1) is 9.38. The molecule has 0 amide bonds. The van der Waals surface area contributed by atoms with Crippen molar-refractivity contribution in [3.63, 3.8) is 0 Å². The van der Waals surface area contributed by atoms with Gasteiger partial charge >= 0.3 is 5.97 Å². The minimum atomic E-state index is -1.06. The molecule has 0 saturated heterocycles. The third kappa shape index (κ3) is 2.98. The Labute approximate surface area is 126 Å². The summed E-state index contributed by atoms with van der Waals surface area (Å²) in [6.45, 7) is 1.86. The van der Waals surface area contributed by atoms with Crippen molar-refractivity contribution < 1.29 is 9.90 Å². The number of benzene rings is 2. The van der Waals surface area contributed by atoms with E-state index in [-0.39, 0.29) is 11.3 Å². The summed E-state index contributed by atoms with van der Waals surface area (Å²) < 4.78 is 0. The Balaban J connectivity index is 2.33. The third-order valence-corrected chi connectivity index (χ3v) is 3.53. The van der Waals surface area contributed by atoms with Crippen LogP contribution in [-0.4, -0.2) is 11.1 Å². The summed E-state index contributed by atoms with van der Waals surface area (Å²) in [4.78, 5) is 10.9. The molecule has 0 atom stereocenters. The predicted octanol–water partition coefficient (Wildman–Crippen LogP) is 4.33. The number of hydrogen-bond donors (Lipinski definition) is 3.